The summed E-state index contributed by atoms with van der Waals surface area (Å²) in [5.74, 6) is 0.544. The van der Waals surface area contributed by atoms with Crippen molar-refractivity contribution < 1.29 is 9.59 Å². The third-order valence-corrected chi connectivity index (χ3v) is 5.79. The standard InChI is InChI=1S/C18H31N3O2/c1-13(20-18(23)14-5-3-2-4-6-14)11-17(22)21-15-7-8-16(21)12-19-10-9-15/h13-16,19H,2-12H2,1H3,(H,20,23). The predicted molar refractivity (Wildman–Crippen MR) is 89.9 cm³/mol. The minimum absolute atomic E-state index is 0.0625. The number of hydrogen-bond donors (Lipinski definition) is 2. The second-order valence-electron chi connectivity index (χ2n) is 7.63. The number of carbonyl (C=O) groups excluding carboxylic acids is 2. The van der Waals surface area contributed by atoms with Crippen molar-refractivity contribution in [3.63, 3.8) is 0 Å². The maximum absolute atomic E-state index is 12.7. The molecule has 1 saturated carbocycles. The van der Waals surface area contributed by atoms with E-state index in [1.165, 1.54) is 6.42 Å². The van der Waals surface area contributed by atoms with Crippen molar-refractivity contribution in [1.29, 1.82) is 0 Å². The van der Waals surface area contributed by atoms with Crippen LogP contribution in [0.1, 0.15) is 64.7 Å². The lowest BCUT2D eigenvalue weighted by Gasteiger charge is -2.30. The number of hydrogen-bond acceptors (Lipinski definition) is 3. The van der Waals surface area contributed by atoms with Gasteiger partial charge < -0.3 is 15.5 Å². The highest BCUT2D eigenvalue weighted by molar-refractivity contribution is 5.81. The molecule has 5 nitrogen and oxygen atoms in total. The fourth-order valence-corrected chi connectivity index (χ4v) is 4.53. The molecule has 2 bridgehead atoms. The van der Waals surface area contributed by atoms with Crippen molar-refractivity contribution >= 4 is 11.8 Å². The highest BCUT2D eigenvalue weighted by Gasteiger charge is 2.38. The Morgan fingerprint density at radius 3 is 2.61 bits per heavy atom. The Morgan fingerprint density at radius 2 is 1.83 bits per heavy atom. The zero-order chi connectivity index (χ0) is 16.2. The van der Waals surface area contributed by atoms with Gasteiger partial charge in [-0.05, 0) is 45.6 Å². The Labute approximate surface area is 139 Å². The van der Waals surface area contributed by atoms with Gasteiger partial charge in [-0.1, -0.05) is 19.3 Å². The van der Waals surface area contributed by atoms with Gasteiger partial charge in [0, 0.05) is 37.0 Å². The average molecular weight is 321 g/mol. The molecule has 2 N–H and O–H groups in total. The molecular weight excluding hydrogens is 290 g/mol. The van der Waals surface area contributed by atoms with Gasteiger partial charge in [0.15, 0.2) is 0 Å². The first-order valence-electron chi connectivity index (χ1n) is 9.47. The molecule has 0 aromatic carbocycles. The zero-order valence-corrected chi connectivity index (χ0v) is 14.4. The maximum Gasteiger partial charge on any atom is 0.225 e. The molecule has 2 aliphatic heterocycles. The zero-order valence-electron chi connectivity index (χ0n) is 14.4. The molecule has 130 valence electrons. The summed E-state index contributed by atoms with van der Waals surface area (Å²) in [4.78, 5) is 27.2. The van der Waals surface area contributed by atoms with Gasteiger partial charge in [0.1, 0.15) is 0 Å². The largest absolute Gasteiger partial charge is 0.353 e. The van der Waals surface area contributed by atoms with E-state index in [-0.39, 0.29) is 23.8 Å². The molecular formula is C18H31N3O2. The fraction of sp³-hybridized carbons (Fsp3) is 0.889. The van der Waals surface area contributed by atoms with Crippen molar-refractivity contribution in [1.82, 2.24) is 15.5 Å². The molecule has 3 fully saturated rings. The number of carbonyl (C=O) groups is 2. The molecule has 1 aliphatic carbocycles. The molecule has 2 amide bonds. The van der Waals surface area contributed by atoms with Crippen LogP contribution >= 0.6 is 0 Å². The topological polar surface area (TPSA) is 61.4 Å². The monoisotopic (exact) mass is 321 g/mol. The first-order valence-corrected chi connectivity index (χ1v) is 9.47. The summed E-state index contributed by atoms with van der Waals surface area (Å²) in [5, 5.41) is 6.51. The van der Waals surface area contributed by atoms with E-state index in [2.05, 4.69) is 15.5 Å². The molecule has 0 aromatic rings. The van der Waals surface area contributed by atoms with E-state index >= 15 is 0 Å². The van der Waals surface area contributed by atoms with Crippen LogP contribution in [-0.2, 0) is 9.59 Å². The van der Waals surface area contributed by atoms with Crippen LogP contribution < -0.4 is 10.6 Å². The summed E-state index contributed by atoms with van der Waals surface area (Å²) >= 11 is 0. The van der Waals surface area contributed by atoms with E-state index in [4.69, 9.17) is 0 Å². The van der Waals surface area contributed by atoms with E-state index in [0.29, 0.717) is 18.5 Å². The van der Waals surface area contributed by atoms with E-state index in [1.807, 2.05) is 6.92 Å². The third kappa shape index (κ3) is 4.06. The average Bonchev–Trinajstić information content (AvgIpc) is 2.81. The van der Waals surface area contributed by atoms with Gasteiger partial charge >= 0.3 is 0 Å². The summed E-state index contributed by atoms with van der Waals surface area (Å²) in [6.07, 6.45) is 9.35. The first-order chi connectivity index (χ1) is 11.1. The Hall–Kier alpha value is -1.10. The summed E-state index contributed by atoms with van der Waals surface area (Å²) in [7, 11) is 0. The van der Waals surface area contributed by atoms with E-state index in [0.717, 1.165) is 58.0 Å². The molecule has 5 heteroatoms. The molecule has 0 aromatic heterocycles. The summed E-state index contributed by atoms with van der Waals surface area (Å²) < 4.78 is 0. The summed E-state index contributed by atoms with van der Waals surface area (Å²) in [6.45, 7) is 3.90. The number of nitrogens with one attached hydrogen (secondary N) is 2. The molecule has 0 radical (unpaired) electrons. The van der Waals surface area contributed by atoms with E-state index in [1.54, 1.807) is 0 Å². The van der Waals surface area contributed by atoms with Crippen molar-refractivity contribution in [2.45, 2.75) is 82.8 Å². The smallest absolute Gasteiger partial charge is 0.225 e. The summed E-state index contributed by atoms with van der Waals surface area (Å²) in [5.41, 5.74) is 0. The predicted octanol–water partition coefficient (Wildman–Crippen LogP) is 1.81. The van der Waals surface area contributed by atoms with Crippen molar-refractivity contribution in [3.8, 4) is 0 Å². The Kier molecular flexibility index (Phi) is 5.57. The normalized spacial score (nSPS) is 29.9. The first kappa shape index (κ1) is 16.7. The van der Waals surface area contributed by atoms with E-state index in [9.17, 15) is 9.59 Å². The number of amides is 2. The Bertz CT molecular complexity index is 420. The van der Waals surface area contributed by atoms with Gasteiger partial charge in [-0.25, -0.2) is 0 Å². The Balaban J connectivity index is 1.49. The molecule has 3 unspecified atom stereocenters. The van der Waals surface area contributed by atoms with Crippen LogP contribution in [0.3, 0.4) is 0 Å². The van der Waals surface area contributed by atoms with Crippen LogP contribution in [0.5, 0.6) is 0 Å². The van der Waals surface area contributed by atoms with Crippen molar-refractivity contribution in [3.05, 3.63) is 0 Å². The minimum atomic E-state index is -0.0625. The quantitative estimate of drug-likeness (QED) is 0.830. The molecule has 2 heterocycles. The van der Waals surface area contributed by atoms with Gasteiger partial charge in [-0.15, -0.1) is 0 Å². The van der Waals surface area contributed by atoms with Gasteiger partial charge in [-0.2, -0.15) is 0 Å². The molecule has 3 atom stereocenters. The van der Waals surface area contributed by atoms with Gasteiger partial charge in [0.2, 0.25) is 11.8 Å². The van der Waals surface area contributed by atoms with Crippen LogP contribution in [0, 0.1) is 5.92 Å². The molecule has 2 saturated heterocycles. The lowest BCUT2D eigenvalue weighted by Crippen LogP contribution is -2.46. The van der Waals surface area contributed by atoms with Crippen molar-refractivity contribution in [2.24, 2.45) is 5.92 Å². The van der Waals surface area contributed by atoms with Crippen LogP contribution in [-0.4, -0.2) is 47.9 Å². The van der Waals surface area contributed by atoms with Crippen LogP contribution in [0.15, 0.2) is 0 Å². The number of fused-ring (bicyclic) bond motifs is 2. The summed E-state index contributed by atoms with van der Waals surface area (Å²) in [6, 6.07) is 0.701. The molecule has 23 heavy (non-hydrogen) atoms. The van der Waals surface area contributed by atoms with Crippen LogP contribution in [0.2, 0.25) is 0 Å². The lowest BCUT2D eigenvalue weighted by atomic mass is 9.88. The SMILES string of the molecule is CC(CC(=O)N1C2CCNCC1CC2)NC(=O)C1CCCCC1. The van der Waals surface area contributed by atoms with Crippen LogP contribution in [0.25, 0.3) is 0 Å². The number of rotatable bonds is 4. The van der Waals surface area contributed by atoms with Crippen molar-refractivity contribution in [2.75, 3.05) is 13.1 Å². The highest BCUT2D eigenvalue weighted by atomic mass is 16.2. The van der Waals surface area contributed by atoms with Gasteiger partial charge in [0.25, 0.3) is 0 Å². The third-order valence-electron chi connectivity index (χ3n) is 5.79. The second kappa shape index (κ2) is 7.65. The number of nitrogens with zero attached hydrogens (tertiary/aromatic N) is 1. The fourth-order valence-electron chi connectivity index (χ4n) is 4.53. The van der Waals surface area contributed by atoms with Gasteiger partial charge in [0.05, 0.1) is 0 Å². The van der Waals surface area contributed by atoms with Crippen LogP contribution in [0.4, 0.5) is 0 Å². The molecule has 3 aliphatic rings. The lowest BCUT2D eigenvalue weighted by molar-refractivity contribution is -0.134. The molecule has 3 rings (SSSR count). The van der Waals surface area contributed by atoms with E-state index < -0.39 is 0 Å². The van der Waals surface area contributed by atoms with Gasteiger partial charge in [-0.3, -0.25) is 9.59 Å². The minimum Gasteiger partial charge on any atom is -0.353 e. The maximum atomic E-state index is 12.7. The molecule has 0 spiro atoms. The second-order valence-corrected chi connectivity index (χ2v) is 7.63. The highest BCUT2D eigenvalue weighted by Crippen LogP contribution is 2.29. The Morgan fingerprint density at radius 1 is 1.09 bits per heavy atom.